The van der Waals surface area contributed by atoms with Gasteiger partial charge in [0.25, 0.3) is 5.56 Å². The number of hydrogen-bond acceptors (Lipinski definition) is 7. The maximum atomic E-state index is 15.1. The molecule has 0 radical (unpaired) electrons. The molecule has 1 aliphatic heterocycles. The average Bonchev–Trinajstić information content (AvgIpc) is 3.58. The summed E-state index contributed by atoms with van der Waals surface area (Å²) in [7, 11) is 0. The topological polar surface area (TPSA) is 112 Å². The fourth-order valence-electron chi connectivity index (χ4n) is 4.97. The zero-order chi connectivity index (χ0) is 29.7. The predicted molar refractivity (Wildman–Crippen MR) is 147 cm³/mol. The Balaban J connectivity index is 1.18. The van der Waals surface area contributed by atoms with Crippen molar-refractivity contribution in [3.63, 3.8) is 0 Å². The van der Waals surface area contributed by atoms with Crippen LogP contribution in [-0.2, 0) is 17.9 Å². The second-order valence-corrected chi connectivity index (χ2v) is 10.2. The van der Waals surface area contributed by atoms with Crippen LogP contribution in [0.1, 0.15) is 18.4 Å². The van der Waals surface area contributed by atoms with E-state index in [1.165, 1.54) is 41.6 Å². The summed E-state index contributed by atoms with van der Waals surface area (Å²) in [5, 5.41) is 4.41. The number of ether oxygens (including phenoxy) is 3. The van der Waals surface area contributed by atoms with Crippen molar-refractivity contribution in [1.29, 1.82) is 0 Å². The monoisotopic (exact) mass is 589 g/mol. The minimum Gasteiger partial charge on any atom is -0.486 e. The molecule has 13 heteroatoms. The van der Waals surface area contributed by atoms with Gasteiger partial charge in [-0.25, -0.2) is 14.1 Å². The number of H-pyrrole nitrogens is 1. The number of alkyl halides is 2. The number of aromatic nitrogens is 4. The molecule has 5 aromatic rings. The zero-order valence-corrected chi connectivity index (χ0v) is 22.3. The van der Waals surface area contributed by atoms with Gasteiger partial charge in [-0.15, -0.1) is 8.78 Å². The molecule has 0 atom stereocenters. The molecule has 0 spiro atoms. The number of hydrogen-bond donors (Lipinski definition) is 1. The Labute approximate surface area is 241 Å². The number of carbonyl (C=O) groups is 1. The van der Waals surface area contributed by atoms with Gasteiger partial charge in [-0.1, -0.05) is 30.3 Å². The first kappa shape index (κ1) is 26.6. The van der Waals surface area contributed by atoms with Gasteiger partial charge in [-0.05, 0) is 48.7 Å². The number of rotatable bonds is 8. The predicted octanol–water partition coefficient (Wildman–Crippen LogP) is 5.02. The van der Waals surface area contributed by atoms with Crippen LogP contribution in [0.5, 0.6) is 17.2 Å². The zero-order valence-electron chi connectivity index (χ0n) is 22.3. The average molecular weight is 590 g/mol. The molecule has 0 unspecified atom stereocenters. The van der Waals surface area contributed by atoms with E-state index >= 15 is 4.39 Å². The van der Waals surface area contributed by atoms with E-state index in [1.54, 1.807) is 6.07 Å². The summed E-state index contributed by atoms with van der Waals surface area (Å²) < 4.78 is 57.8. The molecule has 2 aromatic heterocycles. The largest absolute Gasteiger partial charge is 0.586 e. The summed E-state index contributed by atoms with van der Waals surface area (Å²) in [6.07, 6.45) is -1.09. The molecule has 3 heterocycles. The van der Waals surface area contributed by atoms with Crippen LogP contribution >= 0.6 is 0 Å². The van der Waals surface area contributed by atoms with E-state index in [1.807, 2.05) is 30.3 Å². The Kier molecular flexibility index (Phi) is 6.29. The van der Waals surface area contributed by atoms with Crippen LogP contribution in [0.15, 0.2) is 77.9 Å². The highest BCUT2D eigenvalue weighted by Gasteiger charge is 2.44. The Morgan fingerprint density at radius 3 is 2.63 bits per heavy atom. The lowest BCUT2D eigenvalue weighted by Crippen LogP contribution is -2.39. The molecule has 218 valence electrons. The van der Waals surface area contributed by atoms with Crippen molar-refractivity contribution in [3.05, 3.63) is 94.8 Å². The third-order valence-corrected chi connectivity index (χ3v) is 7.11. The molecule has 7 rings (SSSR count). The Morgan fingerprint density at radius 1 is 1.07 bits per heavy atom. The highest BCUT2D eigenvalue weighted by Crippen LogP contribution is 2.44. The number of fused-ring (bicyclic) bond motifs is 2. The number of imidazole rings is 1. The second kappa shape index (κ2) is 10.2. The van der Waals surface area contributed by atoms with Gasteiger partial charge in [0.1, 0.15) is 18.8 Å². The van der Waals surface area contributed by atoms with Gasteiger partial charge in [0.2, 0.25) is 5.91 Å². The minimum absolute atomic E-state index is 0.0193. The lowest BCUT2D eigenvalue weighted by Gasteiger charge is -2.23. The maximum absolute atomic E-state index is 15.1. The number of amides is 1. The van der Waals surface area contributed by atoms with Crippen molar-refractivity contribution < 1.29 is 32.2 Å². The highest BCUT2D eigenvalue weighted by atomic mass is 19.3. The van der Waals surface area contributed by atoms with Crippen molar-refractivity contribution in [1.82, 2.24) is 19.7 Å². The number of carbonyl (C=O) groups excluding carboxylic acids is 1. The first-order chi connectivity index (χ1) is 20.8. The molecule has 1 N–H and O–H groups in total. The van der Waals surface area contributed by atoms with Gasteiger partial charge in [0.15, 0.2) is 28.6 Å². The van der Waals surface area contributed by atoms with E-state index < -0.39 is 30.1 Å². The molecule has 1 amide bonds. The minimum atomic E-state index is -3.80. The van der Waals surface area contributed by atoms with E-state index in [9.17, 15) is 18.4 Å². The Hall–Kier alpha value is -5.33. The molecular formula is C30H22F3N5O5. The number of benzene rings is 3. The van der Waals surface area contributed by atoms with Gasteiger partial charge in [-0.3, -0.25) is 9.59 Å². The van der Waals surface area contributed by atoms with Crippen LogP contribution in [0.2, 0.25) is 0 Å². The molecule has 0 bridgehead atoms. The SMILES string of the molecule is O=C(Cn1nc(-c2ccc(OCc3ccccc3)c(F)c2)c2[nH]cnc2c1=O)N(c1ccc2c(c1)OC(F)(F)O2)C1CC1. The third-order valence-electron chi connectivity index (χ3n) is 7.11. The normalized spacial score (nSPS) is 15.0. The lowest BCUT2D eigenvalue weighted by molar-refractivity contribution is -0.286. The molecular weight excluding hydrogens is 567 g/mol. The smallest absolute Gasteiger partial charge is 0.486 e. The molecule has 43 heavy (non-hydrogen) atoms. The van der Waals surface area contributed by atoms with Crippen molar-refractivity contribution in [2.24, 2.45) is 0 Å². The fourth-order valence-corrected chi connectivity index (χ4v) is 4.97. The summed E-state index contributed by atoms with van der Waals surface area (Å²) in [6, 6.07) is 17.5. The molecule has 1 aliphatic carbocycles. The number of nitrogens with one attached hydrogen (secondary N) is 1. The third kappa shape index (κ3) is 5.13. The van der Waals surface area contributed by atoms with Crippen LogP contribution in [0, 0.1) is 5.82 Å². The van der Waals surface area contributed by atoms with Gasteiger partial charge in [-0.2, -0.15) is 5.10 Å². The van der Waals surface area contributed by atoms with Crippen molar-refractivity contribution in [3.8, 4) is 28.5 Å². The Bertz CT molecular complexity index is 1920. The lowest BCUT2D eigenvalue weighted by atomic mass is 10.1. The number of halogens is 3. The van der Waals surface area contributed by atoms with E-state index in [4.69, 9.17) is 4.74 Å². The number of nitrogens with zero attached hydrogens (tertiary/aromatic N) is 4. The van der Waals surface area contributed by atoms with Crippen LogP contribution < -0.4 is 24.7 Å². The molecule has 1 fully saturated rings. The van der Waals surface area contributed by atoms with Crippen molar-refractivity contribution in [2.45, 2.75) is 38.3 Å². The highest BCUT2D eigenvalue weighted by molar-refractivity contribution is 5.95. The van der Waals surface area contributed by atoms with E-state index in [2.05, 4.69) is 24.5 Å². The molecule has 2 aliphatic rings. The molecule has 10 nitrogen and oxygen atoms in total. The second-order valence-electron chi connectivity index (χ2n) is 10.2. The summed E-state index contributed by atoms with van der Waals surface area (Å²) in [4.78, 5) is 35.2. The van der Waals surface area contributed by atoms with Crippen LogP contribution in [-0.4, -0.2) is 38.0 Å². The van der Waals surface area contributed by atoms with Crippen molar-refractivity contribution >= 4 is 22.6 Å². The summed E-state index contributed by atoms with van der Waals surface area (Å²) >= 11 is 0. The van der Waals surface area contributed by atoms with Crippen molar-refractivity contribution in [2.75, 3.05) is 4.90 Å². The van der Waals surface area contributed by atoms with Gasteiger partial charge in [0.05, 0.1) is 11.8 Å². The first-order valence-corrected chi connectivity index (χ1v) is 13.4. The van der Waals surface area contributed by atoms with Gasteiger partial charge >= 0.3 is 6.29 Å². The number of aromatic amines is 1. The summed E-state index contributed by atoms with van der Waals surface area (Å²) in [5.74, 6) is -1.44. The number of anilines is 1. The standard InChI is InChI=1S/C30H22F3N5O5/c31-21-12-18(6-10-22(21)41-15-17-4-2-1-3-5-17)26-27-28(35-16-34-27)29(40)37(36-26)14-25(39)38(19-7-8-19)20-9-11-23-24(13-20)43-30(32,33)42-23/h1-6,9-13,16,19H,7-8,14-15H2,(H,34,35). The maximum Gasteiger partial charge on any atom is 0.586 e. The van der Waals surface area contributed by atoms with Crippen LogP contribution in [0.25, 0.3) is 22.3 Å². The van der Waals surface area contributed by atoms with Gasteiger partial charge < -0.3 is 24.1 Å². The molecule has 1 saturated carbocycles. The fraction of sp³-hybridized carbons (Fsp3) is 0.200. The van der Waals surface area contributed by atoms with E-state index in [0.717, 1.165) is 10.2 Å². The van der Waals surface area contributed by atoms with Crippen LogP contribution in [0.3, 0.4) is 0 Å². The van der Waals surface area contributed by atoms with E-state index in [-0.39, 0.29) is 46.6 Å². The first-order valence-electron chi connectivity index (χ1n) is 13.4. The Morgan fingerprint density at radius 2 is 1.86 bits per heavy atom. The molecule has 3 aromatic carbocycles. The van der Waals surface area contributed by atoms with Crippen LogP contribution in [0.4, 0.5) is 18.9 Å². The molecule has 0 saturated heterocycles. The summed E-state index contributed by atoms with van der Waals surface area (Å²) in [5.41, 5.74) is 1.40. The van der Waals surface area contributed by atoms with Gasteiger partial charge in [0, 0.05) is 23.4 Å². The summed E-state index contributed by atoms with van der Waals surface area (Å²) in [6.45, 7) is -0.299. The van der Waals surface area contributed by atoms with E-state index in [0.29, 0.717) is 24.1 Å². The quantitative estimate of drug-likeness (QED) is 0.271.